The standard InChI is InChI=1S/C8H7N4O/c9-8-6-2-1-5(4-10-13)3-7(6)11-12-8/h1-4,13H,9H2. The lowest BCUT2D eigenvalue weighted by atomic mass is 10.1. The molecule has 3 N–H and O–H groups in total. The molecule has 1 aliphatic rings. The predicted octanol–water partition coefficient (Wildman–Crippen LogP) is 1.39. The number of hydrogen-bond donors (Lipinski definition) is 2. The highest BCUT2D eigenvalue weighted by atomic mass is 16.4. The Hall–Kier alpha value is -1.75. The predicted molar refractivity (Wildman–Crippen MR) is 46.9 cm³/mol. The maximum Gasteiger partial charge on any atom is 0.202 e. The van der Waals surface area contributed by atoms with E-state index in [2.05, 4.69) is 15.4 Å². The van der Waals surface area contributed by atoms with Crippen molar-refractivity contribution in [2.45, 2.75) is 0 Å². The largest absolute Gasteiger partial charge is 0.411 e. The number of nitrogens with zero attached hydrogens (tertiary/aromatic N) is 3. The van der Waals surface area contributed by atoms with Gasteiger partial charge in [-0.3, -0.25) is 5.73 Å². The molecule has 0 amide bonds. The van der Waals surface area contributed by atoms with Crippen LogP contribution in [0.3, 0.4) is 0 Å². The maximum absolute atomic E-state index is 8.31. The van der Waals surface area contributed by atoms with Crippen LogP contribution in [0.15, 0.2) is 33.6 Å². The lowest BCUT2D eigenvalue weighted by Gasteiger charge is -1.99. The van der Waals surface area contributed by atoms with Crippen LogP contribution in [0.2, 0.25) is 0 Å². The second kappa shape index (κ2) is 2.95. The first-order valence-electron chi connectivity index (χ1n) is 3.67. The Kier molecular flexibility index (Phi) is 1.79. The van der Waals surface area contributed by atoms with Crippen molar-refractivity contribution in [1.82, 2.24) is 0 Å². The highest BCUT2D eigenvalue weighted by molar-refractivity contribution is 5.81. The van der Waals surface area contributed by atoms with Crippen molar-refractivity contribution in [3.05, 3.63) is 35.5 Å². The Bertz CT molecular complexity index is 386. The summed E-state index contributed by atoms with van der Waals surface area (Å²) in [5.74, 6) is 0. The Morgan fingerprint density at radius 1 is 1.38 bits per heavy atom. The molecule has 0 unspecified atom stereocenters. The van der Waals surface area contributed by atoms with Gasteiger partial charge >= 0.3 is 0 Å². The Morgan fingerprint density at radius 3 is 3.00 bits per heavy atom. The summed E-state index contributed by atoms with van der Waals surface area (Å²) < 4.78 is 0. The topological polar surface area (TPSA) is 83.3 Å². The molecule has 0 spiro atoms. The number of nitrogens with two attached hydrogens (primary N) is 1. The number of azo groups is 1. The molecule has 1 heterocycles. The van der Waals surface area contributed by atoms with Crippen molar-refractivity contribution in [3.63, 3.8) is 0 Å². The normalized spacial score (nSPS) is 15.5. The minimum absolute atomic E-state index is 0.419. The number of rotatable bonds is 1. The van der Waals surface area contributed by atoms with Gasteiger partial charge in [0.1, 0.15) is 0 Å². The first-order chi connectivity index (χ1) is 6.31. The van der Waals surface area contributed by atoms with Gasteiger partial charge in [0, 0.05) is 5.56 Å². The van der Waals surface area contributed by atoms with Crippen LogP contribution in [0.1, 0.15) is 11.1 Å². The Labute approximate surface area is 74.6 Å². The highest BCUT2D eigenvalue weighted by Gasteiger charge is 2.17. The molecule has 1 aliphatic heterocycles. The molecule has 1 aromatic carbocycles. The van der Waals surface area contributed by atoms with E-state index in [0.717, 1.165) is 11.1 Å². The minimum atomic E-state index is 0.419. The molecule has 0 saturated carbocycles. The van der Waals surface area contributed by atoms with E-state index in [-0.39, 0.29) is 0 Å². The number of fused-ring (bicyclic) bond motifs is 1. The maximum atomic E-state index is 8.31. The molecule has 5 heteroatoms. The molecule has 0 saturated heterocycles. The fourth-order valence-corrected chi connectivity index (χ4v) is 1.16. The highest BCUT2D eigenvalue weighted by Crippen LogP contribution is 2.31. The van der Waals surface area contributed by atoms with E-state index in [1.54, 1.807) is 18.2 Å². The van der Waals surface area contributed by atoms with Crippen LogP contribution in [0.5, 0.6) is 0 Å². The summed E-state index contributed by atoms with van der Waals surface area (Å²) >= 11 is 0. The van der Waals surface area contributed by atoms with E-state index in [4.69, 9.17) is 10.9 Å². The van der Waals surface area contributed by atoms with Gasteiger partial charge in [-0.05, 0) is 11.6 Å². The monoisotopic (exact) mass is 175 g/mol. The molecule has 13 heavy (non-hydrogen) atoms. The van der Waals surface area contributed by atoms with E-state index in [0.29, 0.717) is 11.9 Å². The van der Waals surface area contributed by atoms with Gasteiger partial charge in [0.05, 0.1) is 11.9 Å². The first kappa shape index (κ1) is 7.88. The van der Waals surface area contributed by atoms with Crippen molar-refractivity contribution >= 4 is 11.9 Å². The summed E-state index contributed by atoms with van der Waals surface area (Å²) in [6.45, 7) is 0. The zero-order chi connectivity index (χ0) is 9.26. The molecule has 0 atom stereocenters. The summed E-state index contributed by atoms with van der Waals surface area (Å²) in [5.41, 5.74) is 7.82. The van der Waals surface area contributed by atoms with Crippen LogP contribution in [0.4, 0.5) is 5.69 Å². The van der Waals surface area contributed by atoms with Gasteiger partial charge in [0.2, 0.25) is 6.17 Å². The molecule has 0 aliphatic carbocycles. The number of benzene rings is 1. The molecule has 0 aromatic heterocycles. The van der Waals surface area contributed by atoms with Crippen LogP contribution >= 0.6 is 0 Å². The van der Waals surface area contributed by atoms with Gasteiger partial charge in [0.25, 0.3) is 0 Å². The van der Waals surface area contributed by atoms with E-state index in [1.807, 2.05) is 0 Å². The lowest BCUT2D eigenvalue weighted by Crippen LogP contribution is -2.04. The molecule has 5 nitrogen and oxygen atoms in total. The van der Waals surface area contributed by atoms with Crippen molar-refractivity contribution < 1.29 is 5.21 Å². The Balaban J connectivity index is 2.44. The summed E-state index contributed by atoms with van der Waals surface area (Å²) in [7, 11) is 0. The zero-order valence-corrected chi connectivity index (χ0v) is 6.68. The fraction of sp³-hybridized carbons (Fsp3) is 0. The van der Waals surface area contributed by atoms with Crippen molar-refractivity contribution in [1.29, 1.82) is 0 Å². The van der Waals surface area contributed by atoms with E-state index < -0.39 is 0 Å². The van der Waals surface area contributed by atoms with Crippen LogP contribution in [0.25, 0.3) is 0 Å². The van der Waals surface area contributed by atoms with Crippen LogP contribution in [-0.2, 0) is 0 Å². The molecular weight excluding hydrogens is 168 g/mol. The summed E-state index contributed by atoms with van der Waals surface area (Å²) in [4.78, 5) is 0. The number of oxime groups is 1. The van der Waals surface area contributed by atoms with Gasteiger partial charge in [-0.2, -0.15) is 10.2 Å². The average molecular weight is 175 g/mol. The molecule has 0 bridgehead atoms. The van der Waals surface area contributed by atoms with Crippen LogP contribution in [-0.4, -0.2) is 11.4 Å². The third-order valence-electron chi connectivity index (χ3n) is 1.77. The van der Waals surface area contributed by atoms with Gasteiger partial charge in [-0.15, -0.1) is 0 Å². The van der Waals surface area contributed by atoms with E-state index in [1.165, 1.54) is 6.21 Å². The van der Waals surface area contributed by atoms with Crippen molar-refractivity contribution in [2.75, 3.05) is 0 Å². The van der Waals surface area contributed by atoms with E-state index >= 15 is 0 Å². The second-order valence-electron chi connectivity index (χ2n) is 2.61. The molecule has 0 fully saturated rings. The molecule has 65 valence electrons. The SMILES string of the molecule is N[C]1N=Nc2cc(C=NO)ccc21. The van der Waals surface area contributed by atoms with Gasteiger partial charge < -0.3 is 5.21 Å². The summed E-state index contributed by atoms with van der Waals surface area (Å²) in [5, 5.41) is 18.8. The van der Waals surface area contributed by atoms with Gasteiger partial charge in [-0.1, -0.05) is 17.3 Å². The van der Waals surface area contributed by atoms with Crippen LogP contribution in [0, 0.1) is 6.17 Å². The van der Waals surface area contributed by atoms with Crippen LogP contribution < -0.4 is 5.73 Å². The first-order valence-corrected chi connectivity index (χ1v) is 3.67. The summed E-state index contributed by atoms with van der Waals surface area (Å²) in [6, 6.07) is 5.32. The molecular formula is C8H7N4O. The molecule has 1 radical (unpaired) electrons. The quantitative estimate of drug-likeness (QED) is 0.384. The van der Waals surface area contributed by atoms with E-state index in [9.17, 15) is 0 Å². The third kappa shape index (κ3) is 1.29. The smallest absolute Gasteiger partial charge is 0.202 e. The van der Waals surface area contributed by atoms with Gasteiger partial charge in [-0.25, -0.2) is 0 Å². The van der Waals surface area contributed by atoms with Crippen molar-refractivity contribution in [3.8, 4) is 0 Å². The lowest BCUT2D eigenvalue weighted by molar-refractivity contribution is 0.322. The zero-order valence-electron chi connectivity index (χ0n) is 6.68. The molecule has 1 aromatic rings. The fourth-order valence-electron chi connectivity index (χ4n) is 1.16. The molecule has 2 rings (SSSR count). The second-order valence-corrected chi connectivity index (χ2v) is 2.61. The minimum Gasteiger partial charge on any atom is -0.411 e. The third-order valence-corrected chi connectivity index (χ3v) is 1.77. The number of hydrogen-bond acceptors (Lipinski definition) is 5. The van der Waals surface area contributed by atoms with Gasteiger partial charge in [0.15, 0.2) is 0 Å². The van der Waals surface area contributed by atoms with Crippen molar-refractivity contribution in [2.24, 2.45) is 21.1 Å². The summed E-state index contributed by atoms with van der Waals surface area (Å²) in [6.07, 6.45) is 1.74. The Morgan fingerprint density at radius 2 is 2.23 bits per heavy atom. The average Bonchev–Trinajstić information content (AvgIpc) is 2.48.